The van der Waals surface area contributed by atoms with Crippen molar-refractivity contribution in [3.05, 3.63) is 58.7 Å². The fourth-order valence-corrected chi connectivity index (χ4v) is 5.36. The van der Waals surface area contributed by atoms with E-state index in [1.54, 1.807) is 14.2 Å². The summed E-state index contributed by atoms with van der Waals surface area (Å²) in [5.41, 5.74) is 4.70. The zero-order valence-corrected chi connectivity index (χ0v) is 21.7. The van der Waals surface area contributed by atoms with Crippen LogP contribution in [0.25, 0.3) is 11.1 Å². The highest BCUT2D eigenvalue weighted by Crippen LogP contribution is 2.48. The molecule has 0 saturated carbocycles. The predicted octanol–water partition coefficient (Wildman–Crippen LogP) is 6.25. The summed E-state index contributed by atoms with van der Waals surface area (Å²) in [6.45, 7) is 12.5. The Morgan fingerprint density at radius 2 is 1.09 bits per heavy atom. The molecule has 2 heterocycles. The molecule has 2 N–H and O–H groups in total. The predicted molar refractivity (Wildman–Crippen MR) is 141 cm³/mol. The number of nitrogens with zero attached hydrogens (tertiary/aromatic N) is 2. The second-order valence-corrected chi connectivity index (χ2v) is 10.5. The average Bonchev–Trinajstić information content (AvgIpc) is 2.78. The molecule has 2 aliphatic rings. The van der Waals surface area contributed by atoms with E-state index in [0.717, 1.165) is 33.6 Å². The van der Waals surface area contributed by atoms with Crippen LogP contribution in [0.1, 0.15) is 63.8 Å². The minimum Gasteiger partial charge on any atom is -0.496 e. The van der Waals surface area contributed by atoms with Crippen LogP contribution in [0.4, 0.5) is 11.4 Å². The molecular weight excluding hydrogens is 436 g/mol. The highest BCUT2D eigenvalue weighted by Gasteiger charge is 2.42. The van der Waals surface area contributed by atoms with Crippen LogP contribution in [0, 0.1) is 22.7 Å². The van der Waals surface area contributed by atoms with Gasteiger partial charge in [0.05, 0.1) is 37.4 Å². The number of benzene rings is 2. The zero-order chi connectivity index (χ0) is 25.8. The molecule has 2 aromatic carbocycles. The molecule has 0 aliphatic carbocycles. The van der Waals surface area contributed by atoms with E-state index in [0.29, 0.717) is 22.6 Å². The van der Waals surface area contributed by atoms with E-state index in [9.17, 15) is 10.5 Å². The Labute approximate surface area is 207 Å². The van der Waals surface area contributed by atoms with Crippen molar-refractivity contribution in [1.29, 1.82) is 10.5 Å². The number of methoxy groups -OCH3 is 2. The Kier molecular flexibility index (Phi) is 5.61. The Balaban J connectivity index is 2.02. The first kappa shape index (κ1) is 24.2. The van der Waals surface area contributed by atoms with Gasteiger partial charge in [0.25, 0.3) is 0 Å². The molecule has 0 bridgehead atoms. The van der Waals surface area contributed by atoms with Crippen molar-refractivity contribution in [1.82, 2.24) is 0 Å². The summed E-state index contributed by atoms with van der Waals surface area (Å²) < 4.78 is 11.5. The van der Waals surface area contributed by atoms with Crippen LogP contribution in [0.15, 0.2) is 36.4 Å². The number of allylic oxidation sites excluding steroid dienone is 2. The first-order chi connectivity index (χ1) is 16.4. The van der Waals surface area contributed by atoms with E-state index in [4.69, 9.17) is 9.47 Å². The van der Waals surface area contributed by atoms with Crippen LogP contribution < -0.4 is 20.1 Å². The summed E-state index contributed by atoms with van der Waals surface area (Å²) in [7, 11) is 3.12. The molecule has 0 amide bonds. The van der Waals surface area contributed by atoms with E-state index in [-0.39, 0.29) is 11.1 Å². The zero-order valence-electron chi connectivity index (χ0n) is 21.7. The van der Waals surface area contributed by atoms with Crippen LogP contribution in [-0.2, 0) is 5.41 Å². The van der Waals surface area contributed by atoms with Gasteiger partial charge in [0.1, 0.15) is 11.5 Å². The van der Waals surface area contributed by atoms with Crippen molar-refractivity contribution >= 4 is 22.5 Å². The van der Waals surface area contributed by atoms with Crippen molar-refractivity contribution in [2.75, 3.05) is 24.9 Å². The van der Waals surface area contributed by atoms with Crippen LogP contribution in [0.5, 0.6) is 11.5 Å². The van der Waals surface area contributed by atoms with E-state index in [1.807, 2.05) is 38.1 Å². The first-order valence-electron chi connectivity index (χ1n) is 11.6. The molecular formula is C29H32N4O2. The Morgan fingerprint density at radius 3 is 1.40 bits per heavy atom. The summed E-state index contributed by atoms with van der Waals surface area (Å²) in [5, 5.41) is 28.2. The molecule has 0 aromatic heterocycles. The van der Waals surface area contributed by atoms with Gasteiger partial charge in [-0.15, -0.1) is 0 Å². The van der Waals surface area contributed by atoms with Gasteiger partial charge in [-0.2, -0.15) is 10.5 Å². The lowest BCUT2D eigenvalue weighted by Crippen LogP contribution is -2.33. The fourth-order valence-electron chi connectivity index (χ4n) is 5.36. The van der Waals surface area contributed by atoms with Gasteiger partial charge in [-0.3, -0.25) is 0 Å². The number of nitriles is 2. The quantitative estimate of drug-likeness (QED) is 0.551. The molecule has 2 aromatic rings. The largest absolute Gasteiger partial charge is 0.496 e. The van der Waals surface area contributed by atoms with E-state index < -0.39 is 5.41 Å². The van der Waals surface area contributed by atoms with Crippen molar-refractivity contribution in [2.45, 2.75) is 58.0 Å². The van der Waals surface area contributed by atoms with Crippen LogP contribution in [0.3, 0.4) is 0 Å². The summed E-state index contributed by atoms with van der Waals surface area (Å²) in [6.07, 6.45) is 4.29. The van der Waals surface area contributed by atoms with Crippen LogP contribution in [0.2, 0.25) is 0 Å². The number of anilines is 2. The third kappa shape index (κ3) is 3.90. The molecule has 0 atom stereocenters. The number of nitrogens with one attached hydrogen (secondary N) is 2. The maximum absolute atomic E-state index is 10.6. The Bertz CT molecular complexity index is 1260. The topological polar surface area (TPSA) is 90.1 Å². The standard InChI is InChI=1S/C29H32N4O2/c1-17-13-27(3,4)32-23-11-25(34-7)21(9-19(17)23)29(15-30,16-31)22-10-20-18(2)14-28(5,6)33-24(20)12-26(22)35-8/h9-14,32-33H,1-8H3. The fraction of sp³-hybridized carbons (Fsp3) is 0.379. The highest BCUT2D eigenvalue weighted by molar-refractivity contribution is 5.85. The molecule has 0 spiro atoms. The van der Waals surface area contributed by atoms with E-state index in [1.165, 1.54) is 0 Å². The maximum atomic E-state index is 10.6. The molecule has 0 unspecified atom stereocenters. The van der Waals surface area contributed by atoms with E-state index >= 15 is 0 Å². The second-order valence-electron chi connectivity index (χ2n) is 10.5. The lowest BCUT2D eigenvalue weighted by atomic mass is 9.73. The van der Waals surface area contributed by atoms with Gasteiger partial charge in [-0.05, 0) is 64.8 Å². The first-order valence-corrected chi connectivity index (χ1v) is 11.6. The molecule has 0 saturated heterocycles. The van der Waals surface area contributed by atoms with E-state index in [2.05, 4.69) is 62.6 Å². The lowest BCUT2D eigenvalue weighted by Gasteiger charge is -2.34. The van der Waals surface area contributed by atoms with Crippen molar-refractivity contribution in [2.24, 2.45) is 0 Å². The summed E-state index contributed by atoms with van der Waals surface area (Å²) in [5.74, 6) is 0.937. The average molecular weight is 469 g/mol. The second kappa shape index (κ2) is 8.10. The Morgan fingerprint density at radius 1 is 0.714 bits per heavy atom. The van der Waals surface area contributed by atoms with Gasteiger partial charge in [-0.25, -0.2) is 0 Å². The van der Waals surface area contributed by atoms with Crippen molar-refractivity contribution in [3.63, 3.8) is 0 Å². The number of ether oxygens (including phenoxy) is 2. The summed E-state index contributed by atoms with van der Waals surface area (Å²) in [4.78, 5) is 0. The smallest absolute Gasteiger partial charge is 0.200 e. The number of hydrogen-bond acceptors (Lipinski definition) is 6. The molecule has 6 heteroatoms. The van der Waals surface area contributed by atoms with Gasteiger partial charge < -0.3 is 20.1 Å². The lowest BCUT2D eigenvalue weighted by molar-refractivity contribution is 0.398. The molecule has 35 heavy (non-hydrogen) atoms. The third-order valence-corrected chi connectivity index (χ3v) is 6.74. The number of hydrogen-bond donors (Lipinski definition) is 2. The minimum absolute atomic E-state index is 0.225. The van der Waals surface area contributed by atoms with Gasteiger partial charge in [0.2, 0.25) is 5.41 Å². The van der Waals surface area contributed by atoms with Gasteiger partial charge in [-0.1, -0.05) is 12.2 Å². The van der Waals surface area contributed by atoms with Gasteiger partial charge >= 0.3 is 0 Å². The minimum atomic E-state index is -1.65. The molecule has 2 aliphatic heterocycles. The van der Waals surface area contributed by atoms with Gasteiger partial charge in [0, 0.05) is 45.8 Å². The van der Waals surface area contributed by atoms with Crippen LogP contribution >= 0.6 is 0 Å². The van der Waals surface area contributed by atoms with Crippen molar-refractivity contribution in [3.8, 4) is 23.6 Å². The summed E-state index contributed by atoms with van der Waals surface area (Å²) in [6, 6.07) is 12.2. The van der Waals surface area contributed by atoms with Crippen LogP contribution in [-0.4, -0.2) is 25.3 Å². The Hall–Kier alpha value is -3.90. The normalized spacial score (nSPS) is 17.2. The molecule has 0 radical (unpaired) electrons. The summed E-state index contributed by atoms with van der Waals surface area (Å²) >= 11 is 0. The van der Waals surface area contributed by atoms with Gasteiger partial charge in [0.15, 0.2) is 0 Å². The SMILES string of the molecule is COc1cc2c(cc1C(C#N)(C#N)c1cc3c(cc1OC)NC(C)(C)C=C3C)C(C)=CC(C)(C)N2. The number of rotatable bonds is 4. The molecule has 0 fully saturated rings. The molecule has 180 valence electrons. The highest BCUT2D eigenvalue weighted by atomic mass is 16.5. The number of fused-ring (bicyclic) bond motifs is 2. The molecule has 4 rings (SSSR count). The third-order valence-electron chi connectivity index (χ3n) is 6.74. The monoisotopic (exact) mass is 468 g/mol. The molecule has 6 nitrogen and oxygen atoms in total. The van der Waals surface area contributed by atoms with Crippen molar-refractivity contribution < 1.29 is 9.47 Å². The maximum Gasteiger partial charge on any atom is 0.200 e.